The molecule has 3 aromatic rings. The second kappa shape index (κ2) is 6.76. The van der Waals surface area contributed by atoms with Crippen molar-refractivity contribution < 1.29 is 13.9 Å². The van der Waals surface area contributed by atoms with Crippen LogP contribution in [0.25, 0.3) is 11.1 Å². The Morgan fingerprint density at radius 2 is 1.89 bits per heavy atom. The third kappa shape index (κ3) is 2.84. The molecule has 4 rings (SSSR count). The number of aliphatic imine (C=N–C) groups is 1. The van der Waals surface area contributed by atoms with E-state index in [1.54, 1.807) is 19.2 Å². The maximum Gasteiger partial charge on any atom is 0.264 e. The Hall–Kier alpha value is -3.19. The van der Waals surface area contributed by atoms with E-state index < -0.39 is 5.54 Å². The molecule has 1 aromatic heterocycles. The number of nitrogens with two attached hydrogens (primary N) is 1. The van der Waals surface area contributed by atoms with E-state index in [0.29, 0.717) is 5.56 Å². The summed E-state index contributed by atoms with van der Waals surface area (Å²) in [6, 6.07) is 13.7. The van der Waals surface area contributed by atoms with E-state index >= 15 is 0 Å². The number of guanidine groups is 1. The molecule has 142 valence electrons. The van der Waals surface area contributed by atoms with Crippen LogP contribution >= 0.6 is 11.3 Å². The number of carbonyl (C=O) groups excluding carboxylic acids is 1. The third-order valence-electron chi connectivity index (χ3n) is 4.80. The van der Waals surface area contributed by atoms with Gasteiger partial charge in [0.1, 0.15) is 11.6 Å². The Morgan fingerprint density at radius 3 is 2.50 bits per heavy atom. The Kier molecular flexibility index (Phi) is 4.39. The highest BCUT2D eigenvalue weighted by molar-refractivity contribution is 7.10. The lowest BCUT2D eigenvalue weighted by atomic mass is 9.87. The predicted octanol–water partition coefficient (Wildman–Crippen LogP) is 3.56. The van der Waals surface area contributed by atoms with Gasteiger partial charge in [-0.05, 0) is 64.9 Å². The standard InChI is InChI=1S/C21H18FN3O2S/c1-12-9-15(5-8-17(12)27-2)21(19(26)24-20(23)25-21)18-10-14(11-28-18)13-3-6-16(22)7-4-13/h3-11H,1-2H3,(H3,23,24,25,26). The second-order valence-corrected chi connectivity index (χ2v) is 7.46. The van der Waals surface area contributed by atoms with Crippen molar-refractivity contribution >= 4 is 23.2 Å². The summed E-state index contributed by atoms with van der Waals surface area (Å²) in [6.45, 7) is 1.91. The fourth-order valence-electron chi connectivity index (χ4n) is 3.39. The van der Waals surface area contributed by atoms with Gasteiger partial charge in [0.15, 0.2) is 5.96 Å². The molecule has 0 radical (unpaired) electrons. The van der Waals surface area contributed by atoms with E-state index in [0.717, 1.165) is 27.3 Å². The maximum absolute atomic E-state index is 13.2. The van der Waals surface area contributed by atoms with Crippen molar-refractivity contribution in [1.82, 2.24) is 5.32 Å². The number of nitrogens with one attached hydrogen (secondary N) is 1. The number of carbonyl (C=O) groups is 1. The van der Waals surface area contributed by atoms with E-state index in [-0.39, 0.29) is 17.7 Å². The predicted molar refractivity (Wildman–Crippen MR) is 108 cm³/mol. The molecule has 0 bridgehead atoms. The van der Waals surface area contributed by atoms with Gasteiger partial charge < -0.3 is 10.5 Å². The first-order chi connectivity index (χ1) is 13.4. The van der Waals surface area contributed by atoms with Crippen LogP contribution in [0.2, 0.25) is 0 Å². The summed E-state index contributed by atoms with van der Waals surface area (Å²) in [5.41, 5.74) is 7.95. The van der Waals surface area contributed by atoms with Crippen LogP contribution in [-0.2, 0) is 10.3 Å². The number of hydrogen-bond donors (Lipinski definition) is 2. The minimum Gasteiger partial charge on any atom is -0.496 e. The molecular weight excluding hydrogens is 377 g/mol. The molecule has 0 aliphatic carbocycles. The van der Waals surface area contributed by atoms with Crippen molar-refractivity contribution in [2.75, 3.05) is 7.11 Å². The highest BCUT2D eigenvalue weighted by atomic mass is 32.1. The number of halogens is 1. The number of benzene rings is 2. The zero-order chi connectivity index (χ0) is 19.9. The summed E-state index contributed by atoms with van der Waals surface area (Å²) >= 11 is 1.41. The molecule has 2 aromatic carbocycles. The highest BCUT2D eigenvalue weighted by Crippen LogP contribution is 2.42. The van der Waals surface area contributed by atoms with Crippen molar-refractivity contribution in [3.63, 3.8) is 0 Å². The summed E-state index contributed by atoms with van der Waals surface area (Å²) in [6.07, 6.45) is 0. The second-order valence-electron chi connectivity index (χ2n) is 6.55. The Bertz CT molecular complexity index is 1090. The lowest BCUT2D eigenvalue weighted by molar-refractivity contribution is -0.122. The van der Waals surface area contributed by atoms with Crippen molar-refractivity contribution in [3.8, 4) is 16.9 Å². The maximum atomic E-state index is 13.2. The first kappa shape index (κ1) is 18.2. The van der Waals surface area contributed by atoms with Crippen LogP contribution in [0.4, 0.5) is 4.39 Å². The normalized spacial score (nSPS) is 18.7. The Morgan fingerprint density at radius 1 is 1.14 bits per heavy atom. The minimum absolute atomic E-state index is 0.0789. The summed E-state index contributed by atoms with van der Waals surface area (Å²) in [5, 5.41) is 4.55. The lowest BCUT2D eigenvalue weighted by Gasteiger charge is -2.23. The minimum atomic E-state index is -1.26. The average Bonchev–Trinajstić information content (AvgIpc) is 3.27. The first-order valence-electron chi connectivity index (χ1n) is 8.61. The molecule has 1 amide bonds. The molecule has 1 atom stereocenters. The molecule has 0 fully saturated rings. The summed E-state index contributed by atoms with van der Waals surface area (Å²) in [5.74, 6) is 0.210. The molecule has 1 unspecified atom stereocenters. The van der Waals surface area contributed by atoms with E-state index in [2.05, 4.69) is 10.3 Å². The van der Waals surface area contributed by atoms with Gasteiger partial charge in [-0.3, -0.25) is 10.1 Å². The molecule has 5 nitrogen and oxygen atoms in total. The van der Waals surface area contributed by atoms with Gasteiger partial charge in [0, 0.05) is 4.88 Å². The van der Waals surface area contributed by atoms with Crippen LogP contribution in [0, 0.1) is 12.7 Å². The molecular formula is C21H18FN3O2S. The number of ether oxygens (including phenoxy) is 1. The zero-order valence-electron chi connectivity index (χ0n) is 15.3. The van der Waals surface area contributed by atoms with Gasteiger partial charge in [0.05, 0.1) is 7.11 Å². The van der Waals surface area contributed by atoms with E-state index in [1.807, 2.05) is 36.6 Å². The van der Waals surface area contributed by atoms with Gasteiger partial charge in [-0.1, -0.05) is 18.2 Å². The number of amides is 1. The van der Waals surface area contributed by atoms with E-state index in [9.17, 15) is 9.18 Å². The SMILES string of the molecule is COc1ccc(C2(c3cc(-c4ccc(F)cc4)cs3)N=C(N)NC2=O)cc1C. The summed E-state index contributed by atoms with van der Waals surface area (Å²) in [7, 11) is 1.60. The topological polar surface area (TPSA) is 76.7 Å². The molecule has 7 heteroatoms. The van der Waals surface area contributed by atoms with Crippen LogP contribution < -0.4 is 15.8 Å². The number of aryl methyl sites for hydroxylation is 1. The molecule has 1 aliphatic rings. The smallest absolute Gasteiger partial charge is 0.264 e. The van der Waals surface area contributed by atoms with Crippen LogP contribution in [0.1, 0.15) is 16.0 Å². The number of hydrogen-bond acceptors (Lipinski definition) is 5. The molecule has 0 saturated heterocycles. The quantitative estimate of drug-likeness (QED) is 0.709. The van der Waals surface area contributed by atoms with Crippen molar-refractivity contribution in [2.45, 2.75) is 12.5 Å². The van der Waals surface area contributed by atoms with Crippen LogP contribution in [0.3, 0.4) is 0 Å². The van der Waals surface area contributed by atoms with Gasteiger partial charge in [-0.15, -0.1) is 11.3 Å². The first-order valence-corrected chi connectivity index (χ1v) is 9.49. The lowest BCUT2D eigenvalue weighted by Crippen LogP contribution is -2.39. The van der Waals surface area contributed by atoms with Crippen molar-refractivity contribution in [1.29, 1.82) is 0 Å². The van der Waals surface area contributed by atoms with Crippen LogP contribution in [-0.4, -0.2) is 19.0 Å². The molecule has 0 spiro atoms. The monoisotopic (exact) mass is 395 g/mol. The van der Waals surface area contributed by atoms with Gasteiger partial charge in [-0.2, -0.15) is 0 Å². The Labute approximate surface area is 165 Å². The Balaban J connectivity index is 1.86. The number of thiophene rings is 1. The fourth-order valence-corrected chi connectivity index (χ4v) is 4.47. The highest BCUT2D eigenvalue weighted by Gasteiger charge is 2.48. The van der Waals surface area contributed by atoms with Crippen LogP contribution in [0.5, 0.6) is 5.75 Å². The van der Waals surface area contributed by atoms with Gasteiger partial charge in [0.2, 0.25) is 5.54 Å². The number of rotatable bonds is 4. The van der Waals surface area contributed by atoms with Crippen molar-refractivity contribution in [2.24, 2.45) is 10.7 Å². The number of methoxy groups -OCH3 is 1. The van der Waals surface area contributed by atoms with Gasteiger partial charge in [0.25, 0.3) is 5.91 Å². The molecule has 1 aliphatic heterocycles. The van der Waals surface area contributed by atoms with Gasteiger partial charge in [-0.25, -0.2) is 9.38 Å². The number of nitrogens with zero attached hydrogens (tertiary/aromatic N) is 1. The molecule has 3 N–H and O–H groups in total. The van der Waals surface area contributed by atoms with Crippen LogP contribution in [0.15, 0.2) is 58.9 Å². The summed E-state index contributed by atoms with van der Waals surface area (Å²) in [4.78, 5) is 18.2. The molecule has 0 saturated carbocycles. The van der Waals surface area contributed by atoms with Gasteiger partial charge >= 0.3 is 0 Å². The third-order valence-corrected chi connectivity index (χ3v) is 5.84. The molecule has 2 heterocycles. The summed E-state index contributed by atoms with van der Waals surface area (Å²) < 4.78 is 18.6. The largest absolute Gasteiger partial charge is 0.496 e. The fraction of sp³-hybridized carbons (Fsp3) is 0.143. The zero-order valence-corrected chi connectivity index (χ0v) is 16.1. The van der Waals surface area contributed by atoms with E-state index in [4.69, 9.17) is 10.5 Å². The van der Waals surface area contributed by atoms with Crippen molar-refractivity contribution in [3.05, 3.63) is 75.7 Å². The van der Waals surface area contributed by atoms with E-state index in [1.165, 1.54) is 23.5 Å². The average molecular weight is 395 g/mol. The molecule has 28 heavy (non-hydrogen) atoms.